The third-order valence-electron chi connectivity index (χ3n) is 2.70. The molecule has 1 atom stereocenters. The van der Waals surface area contributed by atoms with E-state index in [1.807, 2.05) is 13.8 Å². The maximum atomic E-state index is 11.7. The molecular weight excluding hydrogens is 194 g/mol. The Kier molecular flexibility index (Phi) is 5.93. The molecule has 0 saturated carbocycles. The fraction of sp³-hybridized carbons (Fsp3) is 0.800. The van der Waals surface area contributed by atoms with E-state index in [0.717, 1.165) is 0 Å². The van der Waals surface area contributed by atoms with Crippen LogP contribution in [0.15, 0.2) is 0 Å². The van der Waals surface area contributed by atoms with Crippen LogP contribution in [0.5, 0.6) is 0 Å². The van der Waals surface area contributed by atoms with Crippen LogP contribution in [0, 0.1) is 5.41 Å². The molecule has 0 aromatic heterocycles. The van der Waals surface area contributed by atoms with Crippen LogP contribution < -0.4 is 16.4 Å². The molecule has 0 aliphatic rings. The lowest BCUT2D eigenvalue weighted by atomic mass is 9.87. The topological polar surface area (TPSA) is 84.2 Å². The number of carbonyl (C=O) groups is 2. The predicted molar refractivity (Wildman–Crippen MR) is 59.1 cm³/mol. The van der Waals surface area contributed by atoms with Crippen molar-refractivity contribution in [3.63, 3.8) is 0 Å². The van der Waals surface area contributed by atoms with Crippen molar-refractivity contribution in [1.82, 2.24) is 10.6 Å². The molecule has 0 saturated heterocycles. The van der Waals surface area contributed by atoms with E-state index < -0.39 is 5.41 Å². The highest BCUT2D eigenvalue weighted by Crippen LogP contribution is 2.18. The zero-order valence-corrected chi connectivity index (χ0v) is 9.72. The van der Waals surface area contributed by atoms with Gasteiger partial charge in [-0.25, -0.2) is 0 Å². The molecule has 0 rings (SSSR count). The molecule has 0 fully saturated rings. The van der Waals surface area contributed by atoms with Crippen molar-refractivity contribution in [3.8, 4) is 0 Å². The Hall–Kier alpha value is -1.10. The van der Waals surface area contributed by atoms with Crippen LogP contribution in [-0.4, -0.2) is 32.0 Å². The fourth-order valence-corrected chi connectivity index (χ4v) is 1.03. The van der Waals surface area contributed by atoms with E-state index in [4.69, 9.17) is 5.73 Å². The van der Waals surface area contributed by atoms with E-state index in [9.17, 15) is 9.59 Å². The highest BCUT2D eigenvalue weighted by atomic mass is 16.2. The molecule has 1 unspecified atom stereocenters. The van der Waals surface area contributed by atoms with E-state index in [2.05, 4.69) is 10.6 Å². The second-order valence-corrected chi connectivity index (χ2v) is 3.80. The summed E-state index contributed by atoms with van der Waals surface area (Å²) >= 11 is 0. The van der Waals surface area contributed by atoms with Gasteiger partial charge in [0.15, 0.2) is 0 Å². The second-order valence-electron chi connectivity index (χ2n) is 3.80. The largest absolute Gasteiger partial charge is 0.359 e. The van der Waals surface area contributed by atoms with Gasteiger partial charge in [-0.1, -0.05) is 6.92 Å². The Morgan fingerprint density at radius 3 is 2.40 bits per heavy atom. The lowest BCUT2D eigenvalue weighted by Gasteiger charge is -2.24. The first-order valence-electron chi connectivity index (χ1n) is 5.19. The summed E-state index contributed by atoms with van der Waals surface area (Å²) in [5.41, 5.74) is 5.01. The Balaban J connectivity index is 3.98. The maximum absolute atomic E-state index is 11.7. The van der Waals surface area contributed by atoms with Gasteiger partial charge in [0.05, 0.1) is 5.41 Å². The van der Waals surface area contributed by atoms with E-state index in [-0.39, 0.29) is 11.8 Å². The van der Waals surface area contributed by atoms with Crippen molar-refractivity contribution in [2.24, 2.45) is 11.1 Å². The second kappa shape index (κ2) is 6.40. The normalized spacial score (nSPS) is 14.1. The van der Waals surface area contributed by atoms with Gasteiger partial charge < -0.3 is 16.4 Å². The van der Waals surface area contributed by atoms with Gasteiger partial charge in [0, 0.05) is 26.6 Å². The van der Waals surface area contributed by atoms with Crippen LogP contribution in [-0.2, 0) is 9.59 Å². The van der Waals surface area contributed by atoms with Crippen LogP contribution in [0.2, 0.25) is 0 Å². The minimum atomic E-state index is -0.525. The van der Waals surface area contributed by atoms with Crippen molar-refractivity contribution >= 4 is 11.8 Å². The summed E-state index contributed by atoms with van der Waals surface area (Å²) in [4.78, 5) is 22.6. The van der Waals surface area contributed by atoms with Crippen LogP contribution in [0.4, 0.5) is 0 Å². The quantitative estimate of drug-likeness (QED) is 0.564. The summed E-state index contributed by atoms with van der Waals surface area (Å²) in [6, 6.07) is 0. The molecule has 0 aliphatic carbocycles. The van der Waals surface area contributed by atoms with Gasteiger partial charge in [-0.15, -0.1) is 0 Å². The first kappa shape index (κ1) is 13.9. The number of carbonyl (C=O) groups excluding carboxylic acids is 2. The number of amides is 2. The number of hydrogen-bond donors (Lipinski definition) is 3. The fourth-order valence-electron chi connectivity index (χ4n) is 1.03. The van der Waals surface area contributed by atoms with Gasteiger partial charge in [-0.05, 0) is 13.3 Å². The Morgan fingerprint density at radius 2 is 2.00 bits per heavy atom. The third kappa shape index (κ3) is 4.29. The van der Waals surface area contributed by atoms with Crippen molar-refractivity contribution in [1.29, 1.82) is 0 Å². The van der Waals surface area contributed by atoms with Crippen LogP contribution in [0.1, 0.15) is 26.7 Å². The Morgan fingerprint density at radius 1 is 1.40 bits per heavy atom. The number of hydrogen-bond acceptors (Lipinski definition) is 3. The van der Waals surface area contributed by atoms with Crippen molar-refractivity contribution in [2.75, 3.05) is 20.1 Å². The minimum Gasteiger partial charge on any atom is -0.359 e. The monoisotopic (exact) mass is 215 g/mol. The molecular formula is C10H21N3O2. The molecule has 0 aromatic rings. The van der Waals surface area contributed by atoms with E-state index in [0.29, 0.717) is 25.9 Å². The summed E-state index contributed by atoms with van der Waals surface area (Å²) in [5.74, 6) is -0.169. The lowest BCUT2D eigenvalue weighted by molar-refractivity contribution is -0.130. The van der Waals surface area contributed by atoms with Gasteiger partial charge in [0.2, 0.25) is 11.8 Å². The van der Waals surface area contributed by atoms with Gasteiger partial charge in [0.1, 0.15) is 0 Å². The van der Waals surface area contributed by atoms with Gasteiger partial charge >= 0.3 is 0 Å². The SMILES string of the molecule is CCC(C)(CN)C(=O)NCCC(=O)NC. The van der Waals surface area contributed by atoms with E-state index in [1.165, 1.54) is 0 Å². The molecule has 0 radical (unpaired) electrons. The third-order valence-corrected chi connectivity index (χ3v) is 2.70. The van der Waals surface area contributed by atoms with Gasteiger partial charge in [-0.3, -0.25) is 9.59 Å². The molecule has 88 valence electrons. The summed E-state index contributed by atoms with van der Waals surface area (Å²) in [6.07, 6.45) is 0.988. The van der Waals surface area contributed by atoms with Gasteiger partial charge in [-0.2, -0.15) is 0 Å². The zero-order valence-electron chi connectivity index (χ0n) is 9.72. The van der Waals surface area contributed by atoms with Crippen molar-refractivity contribution in [2.45, 2.75) is 26.7 Å². The average molecular weight is 215 g/mol. The molecule has 15 heavy (non-hydrogen) atoms. The van der Waals surface area contributed by atoms with Crippen molar-refractivity contribution < 1.29 is 9.59 Å². The smallest absolute Gasteiger partial charge is 0.227 e. The van der Waals surface area contributed by atoms with Crippen molar-refractivity contribution in [3.05, 3.63) is 0 Å². The first-order chi connectivity index (χ1) is 7.00. The minimum absolute atomic E-state index is 0.0822. The molecule has 0 heterocycles. The van der Waals surface area contributed by atoms with E-state index >= 15 is 0 Å². The van der Waals surface area contributed by atoms with Gasteiger partial charge in [0.25, 0.3) is 0 Å². The molecule has 0 aromatic carbocycles. The highest BCUT2D eigenvalue weighted by Gasteiger charge is 2.29. The summed E-state index contributed by atoms with van der Waals surface area (Å²) in [5, 5.41) is 5.20. The van der Waals surface area contributed by atoms with Crippen LogP contribution in [0.3, 0.4) is 0 Å². The van der Waals surface area contributed by atoms with Crippen LogP contribution in [0.25, 0.3) is 0 Å². The van der Waals surface area contributed by atoms with E-state index in [1.54, 1.807) is 7.05 Å². The number of nitrogens with one attached hydrogen (secondary N) is 2. The highest BCUT2D eigenvalue weighted by molar-refractivity contribution is 5.83. The molecule has 0 aliphatic heterocycles. The standard InChI is InChI=1S/C10H21N3O2/c1-4-10(2,7-11)9(15)13-6-5-8(14)12-3/h4-7,11H2,1-3H3,(H,12,14)(H,13,15). The Bertz CT molecular complexity index is 225. The number of rotatable bonds is 6. The summed E-state index contributed by atoms with van der Waals surface area (Å²) in [6.45, 7) is 4.41. The Labute approximate surface area is 90.8 Å². The molecule has 0 bridgehead atoms. The van der Waals surface area contributed by atoms with Crippen LogP contribution >= 0.6 is 0 Å². The molecule has 5 nitrogen and oxygen atoms in total. The predicted octanol–water partition coefficient (Wildman–Crippen LogP) is -0.386. The first-order valence-corrected chi connectivity index (χ1v) is 5.19. The maximum Gasteiger partial charge on any atom is 0.227 e. The zero-order chi connectivity index (χ0) is 11.9. The molecule has 2 amide bonds. The average Bonchev–Trinajstić information content (AvgIpc) is 2.27. The molecule has 4 N–H and O–H groups in total. The summed E-state index contributed by atoms with van der Waals surface area (Å²) in [7, 11) is 1.57. The molecule has 0 spiro atoms. The lowest BCUT2D eigenvalue weighted by Crippen LogP contribution is -2.44. The number of nitrogens with two attached hydrogens (primary N) is 1. The summed E-state index contributed by atoms with van der Waals surface area (Å²) < 4.78 is 0. The molecule has 5 heteroatoms.